The van der Waals surface area contributed by atoms with Crippen molar-refractivity contribution in [2.45, 2.75) is 26.4 Å². The van der Waals surface area contributed by atoms with E-state index >= 15 is 0 Å². The number of hydrogen-bond acceptors (Lipinski definition) is 6. The highest BCUT2D eigenvalue weighted by Gasteiger charge is 2.31. The fourth-order valence-corrected chi connectivity index (χ4v) is 4.61. The molecule has 34 heavy (non-hydrogen) atoms. The number of nitrogens with zero attached hydrogens (tertiary/aromatic N) is 2. The van der Waals surface area contributed by atoms with Crippen LogP contribution in [0.5, 0.6) is 11.5 Å². The first kappa shape index (κ1) is 27.5. The SMILES string of the molecule is CCNC(=O)[C@@H](C)N(Cc1cccc(Br)c1)C(=O)CN(c1cc(OC)ccc1OC)S(C)(=O)=O. The molecule has 0 bridgehead atoms. The highest BCUT2D eigenvalue weighted by Crippen LogP contribution is 2.34. The quantitative estimate of drug-likeness (QED) is 0.457. The lowest BCUT2D eigenvalue weighted by Gasteiger charge is -2.32. The minimum atomic E-state index is -3.90. The van der Waals surface area contributed by atoms with E-state index in [2.05, 4.69) is 21.2 Å². The van der Waals surface area contributed by atoms with E-state index in [1.54, 1.807) is 26.0 Å². The molecular formula is C23H30BrN3O6S. The van der Waals surface area contributed by atoms with Gasteiger partial charge in [-0.2, -0.15) is 0 Å². The number of carbonyl (C=O) groups excluding carboxylic acids is 2. The summed E-state index contributed by atoms with van der Waals surface area (Å²) in [6, 6.07) is 11.2. The van der Waals surface area contributed by atoms with Gasteiger partial charge >= 0.3 is 0 Å². The molecule has 2 rings (SSSR count). The predicted molar refractivity (Wildman–Crippen MR) is 135 cm³/mol. The molecule has 0 aromatic heterocycles. The summed E-state index contributed by atoms with van der Waals surface area (Å²) >= 11 is 3.41. The molecule has 1 N–H and O–H groups in total. The van der Waals surface area contributed by atoms with Crippen LogP contribution in [0.25, 0.3) is 0 Å². The molecule has 0 aliphatic carbocycles. The molecule has 0 saturated heterocycles. The van der Waals surface area contributed by atoms with E-state index in [1.165, 1.54) is 25.2 Å². The van der Waals surface area contributed by atoms with Gasteiger partial charge in [-0.1, -0.05) is 28.1 Å². The average molecular weight is 556 g/mol. The molecule has 0 fully saturated rings. The summed E-state index contributed by atoms with van der Waals surface area (Å²) in [5, 5.41) is 2.72. The molecule has 0 aliphatic heterocycles. The lowest BCUT2D eigenvalue weighted by molar-refractivity contribution is -0.139. The lowest BCUT2D eigenvalue weighted by Crippen LogP contribution is -2.51. The van der Waals surface area contributed by atoms with Gasteiger partial charge in [-0.3, -0.25) is 13.9 Å². The minimum Gasteiger partial charge on any atom is -0.497 e. The van der Waals surface area contributed by atoms with Crippen LogP contribution < -0.4 is 19.1 Å². The Bertz CT molecular complexity index is 1130. The number of rotatable bonds is 11. The third-order valence-electron chi connectivity index (χ3n) is 5.09. The smallest absolute Gasteiger partial charge is 0.244 e. The van der Waals surface area contributed by atoms with E-state index < -0.39 is 28.5 Å². The number of hydrogen-bond donors (Lipinski definition) is 1. The predicted octanol–water partition coefficient (Wildman–Crippen LogP) is 2.79. The van der Waals surface area contributed by atoms with Gasteiger partial charge in [0.2, 0.25) is 21.8 Å². The fraction of sp³-hybridized carbons (Fsp3) is 0.391. The number of sulfonamides is 1. The van der Waals surface area contributed by atoms with Gasteiger partial charge in [-0.05, 0) is 43.7 Å². The Balaban J connectivity index is 2.48. The monoisotopic (exact) mass is 555 g/mol. The second-order valence-corrected chi connectivity index (χ2v) is 10.4. The summed E-state index contributed by atoms with van der Waals surface area (Å²) in [7, 11) is -1.04. The third kappa shape index (κ3) is 7.10. The van der Waals surface area contributed by atoms with Crippen LogP contribution in [0.3, 0.4) is 0 Å². The topological polar surface area (TPSA) is 105 Å². The van der Waals surface area contributed by atoms with Crippen molar-refractivity contribution in [2.24, 2.45) is 0 Å². The van der Waals surface area contributed by atoms with Gasteiger partial charge in [0, 0.05) is 23.6 Å². The van der Waals surface area contributed by atoms with Crippen molar-refractivity contribution in [3.8, 4) is 11.5 Å². The number of amides is 2. The first-order valence-corrected chi connectivity index (χ1v) is 13.2. The Morgan fingerprint density at radius 1 is 1.12 bits per heavy atom. The van der Waals surface area contributed by atoms with Gasteiger partial charge in [0.25, 0.3) is 0 Å². The summed E-state index contributed by atoms with van der Waals surface area (Å²) in [6.07, 6.45) is 1.01. The molecule has 2 aromatic rings. The summed E-state index contributed by atoms with van der Waals surface area (Å²) in [5.74, 6) is -0.224. The van der Waals surface area contributed by atoms with Gasteiger partial charge in [0.1, 0.15) is 24.1 Å². The molecule has 2 aromatic carbocycles. The Morgan fingerprint density at radius 3 is 2.38 bits per heavy atom. The maximum Gasteiger partial charge on any atom is 0.244 e. The van der Waals surface area contributed by atoms with E-state index in [0.29, 0.717) is 12.3 Å². The van der Waals surface area contributed by atoms with Crippen molar-refractivity contribution in [3.63, 3.8) is 0 Å². The number of halogens is 1. The molecule has 0 aliphatic rings. The Kier molecular flexibility index (Phi) is 9.75. The van der Waals surface area contributed by atoms with Crippen LogP contribution in [-0.4, -0.2) is 64.7 Å². The molecule has 0 spiro atoms. The summed E-state index contributed by atoms with van der Waals surface area (Å²) in [5.41, 5.74) is 0.939. The van der Waals surface area contributed by atoms with Crippen molar-refractivity contribution in [1.29, 1.82) is 0 Å². The molecule has 9 nitrogen and oxygen atoms in total. The molecule has 1 atom stereocenters. The Morgan fingerprint density at radius 2 is 1.82 bits per heavy atom. The van der Waals surface area contributed by atoms with Crippen molar-refractivity contribution >= 4 is 43.5 Å². The normalized spacial score (nSPS) is 11.9. The van der Waals surface area contributed by atoms with E-state index in [-0.39, 0.29) is 23.9 Å². The molecule has 0 unspecified atom stereocenters. The second-order valence-electron chi connectivity index (χ2n) is 7.53. The highest BCUT2D eigenvalue weighted by atomic mass is 79.9. The number of anilines is 1. The van der Waals surface area contributed by atoms with Crippen LogP contribution in [0.2, 0.25) is 0 Å². The maximum absolute atomic E-state index is 13.5. The van der Waals surface area contributed by atoms with E-state index in [4.69, 9.17) is 9.47 Å². The van der Waals surface area contributed by atoms with E-state index in [9.17, 15) is 18.0 Å². The molecule has 186 valence electrons. The zero-order chi connectivity index (χ0) is 25.5. The number of carbonyl (C=O) groups is 2. The number of nitrogens with one attached hydrogen (secondary N) is 1. The van der Waals surface area contributed by atoms with Gasteiger partial charge in [-0.15, -0.1) is 0 Å². The van der Waals surface area contributed by atoms with Crippen LogP contribution in [0.1, 0.15) is 19.4 Å². The Hall–Kier alpha value is -2.79. The van der Waals surface area contributed by atoms with Gasteiger partial charge in [-0.25, -0.2) is 8.42 Å². The van der Waals surface area contributed by atoms with E-state index in [1.807, 2.05) is 24.3 Å². The summed E-state index contributed by atoms with van der Waals surface area (Å²) < 4.78 is 37.8. The van der Waals surface area contributed by atoms with Crippen molar-refractivity contribution in [2.75, 3.05) is 37.9 Å². The van der Waals surface area contributed by atoms with Crippen LogP contribution in [0.4, 0.5) is 5.69 Å². The van der Waals surface area contributed by atoms with Gasteiger partial charge < -0.3 is 19.7 Å². The first-order chi connectivity index (χ1) is 16.0. The van der Waals surface area contributed by atoms with Crippen LogP contribution in [0, 0.1) is 0 Å². The molecule has 2 amide bonds. The lowest BCUT2D eigenvalue weighted by atomic mass is 10.1. The third-order valence-corrected chi connectivity index (χ3v) is 6.71. The summed E-state index contributed by atoms with van der Waals surface area (Å²) in [4.78, 5) is 27.5. The first-order valence-electron chi connectivity index (χ1n) is 10.5. The molecule has 11 heteroatoms. The van der Waals surface area contributed by atoms with Crippen molar-refractivity contribution in [1.82, 2.24) is 10.2 Å². The zero-order valence-corrected chi connectivity index (χ0v) is 22.3. The fourth-order valence-electron chi connectivity index (χ4n) is 3.32. The van der Waals surface area contributed by atoms with Crippen molar-refractivity contribution < 1.29 is 27.5 Å². The molecule has 0 saturated carbocycles. The van der Waals surface area contributed by atoms with Gasteiger partial charge in [0.15, 0.2) is 0 Å². The number of ether oxygens (including phenoxy) is 2. The highest BCUT2D eigenvalue weighted by molar-refractivity contribution is 9.10. The molecule has 0 heterocycles. The van der Waals surface area contributed by atoms with Gasteiger partial charge in [0.05, 0.1) is 26.2 Å². The standard InChI is InChI=1S/C23H30BrN3O6S/c1-6-25-23(29)16(2)26(14-17-8-7-9-18(24)12-17)22(28)15-27(34(5,30)31)20-13-19(32-3)10-11-21(20)33-4/h7-13,16H,6,14-15H2,1-5H3,(H,25,29)/t16-/m1/s1. The average Bonchev–Trinajstić information content (AvgIpc) is 2.79. The molecule has 0 radical (unpaired) electrons. The minimum absolute atomic E-state index is 0.115. The van der Waals surface area contributed by atoms with Crippen LogP contribution >= 0.6 is 15.9 Å². The molecular weight excluding hydrogens is 526 g/mol. The maximum atomic E-state index is 13.5. The largest absolute Gasteiger partial charge is 0.497 e. The van der Waals surface area contributed by atoms with Crippen LogP contribution in [-0.2, 0) is 26.2 Å². The van der Waals surface area contributed by atoms with E-state index in [0.717, 1.165) is 20.6 Å². The van der Waals surface area contributed by atoms with Crippen LogP contribution in [0.15, 0.2) is 46.9 Å². The number of methoxy groups -OCH3 is 2. The Labute approximate surface area is 209 Å². The number of likely N-dealkylation sites (N-methyl/N-ethyl adjacent to an activating group) is 1. The van der Waals surface area contributed by atoms with Crippen molar-refractivity contribution in [3.05, 3.63) is 52.5 Å². The second kappa shape index (κ2) is 12.1. The zero-order valence-electron chi connectivity index (χ0n) is 19.9. The number of benzene rings is 2. The summed E-state index contributed by atoms with van der Waals surface area (Å²) in [6.45, 7) is 3.38.